The quantitative estimate of drug-likeness (QED) is 0.608. The molecule has 154 valence electrons. The van der Waals surface area contributed by atoms with E-state index < -0.39 is 0 Å². The summed E-state index contributed by atoms with van der Waals surface area (Å²) in [6.45, 7) is 17.5. The first-order valence-electron chi connectivity index (χ1n) is 10.6. The van der Waals surface area contributed by atoms with Crippen LogP contribution in [0, 0.1) is 6.92 Å². The van der Waals surface area contributed by atoms with Crippen molar-refractivity contribution in [3.05, 3.63) is 36.0 Å². The fourth-order valence-corrected chi connectivity index (χ4v) is 2.91. The number of pyridine rings is 1. The Morgan fingerprint density at radius 2 is 1.81 bits per heavy atom. The van der Waals surface area contributed by atoms with E-state index in [0.717, 1.165) is 43.7 Å². The molecule has 1 heterocycles. The first-order valence-corrected chi connectivity index (χ1v) is 10.6. The molecule has 1 atom stereocenters. The van der Waals surface area contributed by atoms with Crippen molar-refractivity contribution in [2.45, 2.75) is 67.3 Å². The van der Waals surface area contributed by atoms with Gasteiger partial charge in [-0.2, -0.15) is 0 Å². The van der Waals surface area contributed by atoms with Crippen molar-refractivity contribution in [3.8, 4) is 0 Å². The zero-order valence-corrected chi connectivity index (χ0v) is 18.5. The van der Waals surface area contributed by atoms with Gasteiger partial charge in [0.15, 0.2) is 0 Å². The van der Waals surface area contributed by atoms with Crippen LogP contribution in [0.25, 0.3) is 10.9 Å². The van der Waals surface area contributed by atoms with Crippen molar-refractivity contribution >= 4 is 16.6 Å². The number of aliphatic hydroxyl groups is 1. The second kappa shape index (κ2) is 15.4. The molecule has 0 aliphatic carbocycles. The Balaban J connectivity index is 0.00000158. The molecule has 1 aromatic heterocycles. The molecule has 27 heavy (non-hydrogen) atoms. The molecule has 0 aliphatic heterocycles. The second-order valence-electron chi connectivity index (χ2n) is 6.22. The summed E-state index contributed by atoms with van der Waals surface area (Å²) in [6, 6.07) is 8.87. The average molecular weight is 376 g/mol. The van der Waals surface area contributed by atoms with Crippen LogP contribution < -0.4 is 5.32 Å². The van der Waals surface area contributed by atoms with E-state index in [2.05, 4.69) is 60.2 Å². The molecule has 0 fully saturated rings. The van der Waals surface area contributed by atoms with Crippen LogP contribution in [0.4, 0.5) is 5.69 Å². The molecule has 0 saturated heterocycles. The molecule has 0 aliphatic rings. The van der Waals surface area contributed by atoms with E-state index in [1.54, 1.807) is 0 Å². The Kier molecular flexibility index (Phi) is 14.5. The van der Waals surface area contributed by atoms with Crippen molar-refractivity contribution < 1.29 is 5.11 Å². The SMILES string of the molecule is CC.CC.CCN(CCO)CCCC(C)Nc1ccnc2cc(C)ccc12. The maximum atomic E-state index is 9.03. The molecule has 0 radical (unpaired) electrons. The molecule has 2 rings (SSSR count). The lowest BCUT2D eigenvalue weighted by atomic mass is 10.1. The van der Waals surface area contributed by atoms with Gasteiger partial charge in [0.05, 0.1) is 12.1 Å². The van der Waals surface area contributed by atoms with E-state index >= 15 is 0 Å². The number of nitrogens with zero attached hydrogens (tertiary/aromatic N) is 2. The number of hydrogen-bond donors (Lipinski definition) is 2. The van der Waals surface area contributed by atoms with Gasteiger partial charge in [0.25, 0.3) is 0 Å². The molecule has 2 N–H and O–H groups in total. The van der Waals surface area contributed by atoms with Gasteiger partial charge in [0.1, 0.15) is 0 Å². The molecule has 1 aromatic carbocycles. The maximum absolute atomic E-state index is 9.03. The van der Waals surface area contributed by atoms with Gasteiger partial charge in [-0.15, -0.1) is 0 Å². The van der Waals surface area contributed by atoms with Crippen LogP contribution in [0.2, 0.25) is 0 Å². The Morgan fingerprint density at radius 1 is 1.11 bits per heavy atom. The van der Waals surface area contributed by atoms with Gasteiger partial charge < -0.3 is 15.3 Å². The Hall–Kier alpha value is -1.65. The molecule has 1 unspecified atom stereocenters. The summed E-state index contributed by atoms with van der Waals surface area (Å²) in [5.74, 6) is 0. The summed E-state index contributed by atoms with van der Waals surface area (Å²) < 4.78 is 0. The number of aryl methyl sites for hydroxylation is 1. The van der Waals surface area contributed by atoms with Crippen LogP contribution in [0.15, 0.2) is 30.5 Å². The van der Waals surface area contributed by atoms with Crippen LogP contribution >= 0.6 is 0 Å². The summed E-state index contributed by atoms with van der Waals surface area (Å²) in [5.41, 5.74) is 3.44. The predicted octanol–water partition coefficient (Wildman–Crippen LogP) is 5.49. The molecule has 4 heteroatoms. The molecule has 2 aromatic rings. The monoisotopic (exact) mass is 375 g/mol. The van der Waals surface area contributed by atoms with Gasteiger partial charge >= 0.3 is 0 Å². The summed E-state index contributed by atoms with van der Waals surface area (Å²) >= 11 is 0. The van der Waals surface area contributed by atoms with Gasteiger partial charge in [0, 0.05) is 29.9 Å². The number of hydrogen-bond acceptors (Lipinski definition) is 4. The van der Waals surface area contributed by atoms with Crippen molar-refractivity contribution in [1.29, 1.82) is 0 Å². The van der Waals surface area contributed by atoms with E-state index in [1.807, 2.05) is 33.9 Å². The third-order valence-corrected chi connectivity index (χ3v) is 4.28. The number of aromatic nitrogens is 1. The van der Waals surface area contributed by atoms with E-state index in [4.69, 9.17) is 5.11 Å². The highest BCUT2D eigenvalue weighted by molar-refractivity contribution is 5.91. The lowest BCUT2D eigenvalue weighted by molar-refractivity contribution is 0.199. The highest BCUT2D eigenvalue weighted by atomic mass is 16.3. The summed E-state index contributed by atoms with van der Waals surface area (Å²) in [5, 5.41) is 13.8. The third kappa shape index (κ3) is 9.21. The average Bonchev–Trinajstić information content (AvgIpc) is 2.70. The molecular weight excluding hydrogens is 334 g/mol. The normalized spacial score (nSPS) is 11.3. The highest BCUT2D eigenvalue weighted by Crippen LogP contribution is 2.23. The lowest BCUT2D eigenvalue weighted by Gasteiger charge is -2.21. The van der Waals surface area contributed by atoms with E-state index in [0.29, 0.717) is 6.04 Å². The van der Waals surface area contributed by atoms with Crippen molar-refractivity contribution in [2.24, 2.45) is 0 Å². The molecular formula is C23H41N3O. The number of aliphatic hydroxyl groups excluding tert-OH is 1. The number of likely N-dealkylation sites (N-methyl/N-ethyl adjacent to an activating group) is 1. The van der Waals surface area contributed by atoms with E-state index in [1.165, 1.54) is 10.9 Å². The van der Waals surface area contributed by atoms with Gasteiger partial charge in [-0.05, 0) is 57.5 Å². The first kappa shape index (κ1) is 25.4. The fourth-order valence-electron chi connectivity index (χ4n) is 2.91. The maximum Gasteiger partial charge on any atom is 0.0725 e. The lowest BCUT2D eigenvalue weighted by Crippen LogP contribution is -2.28. The minimum atomic E-state index is 0.240. The largest absolute Gasteiger partial charge is 0.395 e. The molecule has 0 saturated carbocycles. The number of rotatable bonds is 9. The minimum Gasteiger partial charge on any atom is -0.395 e. The van der Waals surface area contributed by atoms with E-state index in [-0.39, 0.29) is 6.61 Å². The second-order valence-corrected chi connectivity index (χ2v) is 6.22. The minimum absolute atomic E-state index is 0.240. The number of benzene rings is 1. The number of fused-ring (bicyclic) bond motifs is 1. The van der Waals surface area contributed by atoms with Crippen LogP contribution in [-0.2, 0) is 0 Å². The van der Waals surface area contributed by atoms with Gasteiger partial charge in [-0.1, -0.05) is 46.8 Å². The smallest absolute Gasteiger partial charge is 0.0725 e. The predicted molar refractivity (Wildman–Crippen MR) is 121 cm³/mol. The van der Waals surface area contributed by atoms with Crippen molar-refractivity contribution in [2.75, 3.05) is 31.6 Å². The van der Waals surface area contributed by atoms with Crippen LogP contribution in [0.3, 0.4) is 0 Å². The third-order valence-electron chi connectivity index (χ3n) is 4.28. The zero-order valence-electron chi connectivity index (χ0n) is 18.5. The Labute approximate surface area is 167 Å². The van der Waals surface area contributed by atoms with Crippen LogP contribution in [0.5, 0.6) is 0 Å². The summed E-state index contributed by atoms with van der Waals surface area (Å²) in [4.78, 5) is 6.75. The van der Waals surface area contributed by atoms with Gasteiger partial charge in [-0.3, -0.25) is 4.98 Å². The Bertz CT molecular complexity index is 616. The van der Waals surface area contributed by atoms with Gasteiger partial charge in [0.2, 0.25) is 0 Å². The highest BCUT2D eigenvalue weighted by Gasteiger charge is 2.08. The Morgan fingerprint density at radius 3 is 2.44 bits per heavy atom. The zero-order chi connectivity index (χ0) is 20.7. The van der Waals surface area contributed by atoms with Crippen LogP contribution in [0.1, 0.15) is 59.9 Å². The van der Waals surface area contributed by atoms with Crippen LogP contribution in [-0.4, -0.2) is 47.3 Å². The summed E-state index contributed by atoms with van der Waals surface area (Å²) in [6.07, 6.45) is 4.11. The fraction of sp³-hybridized carbons (Fsp3) is 0.609. The standard InChI is InChI=1S/C19H29N3O.2C2H6/c1-4-22(12-13-23)11-5-6-16(3)21-18-9-10-20-19-14-15(2)7-8-17(18)19;2*1-2/h7-10,14,16,23H,4-6,11-13H2,1-3H3,(H,20,21);2*1-2H3. The molecule has 0 spiro atoms. The van der Waals surface area contributed by atoms with Crippen molar-refractivity contribution in [1.82, 2.24) is 9.88 Å². The van der Waals surface area contributed by atoms with Gasteiger partial charge in [-0.25, -0.2) is 0 Å². The molecule has 0 amide bonds. The first-order chi connectivity index (χ1) is 13.1. The summed E-state index contributed by atoms with van der Waals surface area (Å²) in [7, 11) is 0. The van der Waals surface area contributed by atoms with E-state index in [9.17, 15) is 0 Å². The molecule has 0 bridgehead atoms. The molecule has 4 nitrogen and oxygen atoms in total. The topological polar surface area (TPSA) is 48.4 Å². The number of nitrogens with one attached hydrogen (secondary N) is 1. The number of anilines is 1. The van der Waals surface area contributed by atoms with Crippen molar-refractivity contribution in [3.63, 3.8) is 0 Å².